The highest BCUT2D eigenvalue weighted by Gasteiger charge is 2.25. The number of fused-ring (bicyclic) bond motifs is 1. The third kappa shape index (κ3) is 4.91. The van der Waals surface area contributed by atoms with E-state index >= 15 is 0 Å². The molecule has 0 aliphatic carbocycles. The van der Waals surface area contributed by atoms with Gasteiger partial charge in [-0.1, -0.05) is 38.0 Å². The van der Waals surface area contributed by atoms with Crippen LogP contribution in [-0.4, -0.2) is 30.0 Å². The van der Waals surface area contributed by atoms with Gasteiger partial charge in [-0.15, -0.1) is 0 Å². The smallest absolute Gasteiger partial charge is 0.251 e. The topological polar surface area (TPSA) is 71.2 Å². The number of hydrogen-bond donors (Lipinski definition) is 2. The van der Waals surface area contributed by atoms with E-state index in [0.717, 1.165) is 42.9 Å². The van der Waals surface area contributed by atoms with Crippen molar-refractivity contribution in [3.05, 3.63) is 66.0 Å². The van der Waals surface area contributed by atoms with Crippen LogP contribution < -0.4 is 16.0 Å². The Morgan fingerprint density at radius 2 is 1.96 bits per heavy atom. The summed E-state index contributed by atoms with van der Waals surface area (Å²) in [5, 5.41) is 3.01. The van der Waals surface area contributed by atoms with E-state index in [2.05, 4.69) is 34.3 Å². The van der Waals surface area contributed by atoms with Crippen molar-refractivity contribution in [2.75, 3.05) is 18.0 Å². The summed E-state index contributed by atoms with van der Waals surface area (Å²) in [6.45, 7) is 3.82. The van der Waals surface area contributed by atoms with E-state index < -0.39 is 0 Å². The summed E-state index contributed by atoms with van der Waals surface area (Å²) in [5.74, 6) is -0.00959. The minimum atomic E-state index is -0.00959. The predicted molar refractivity (Wildman–Crippen MR) is 115 cm³/mol. The van der Waals surface area contributed by atoms with Gasteiger partial charge in [0, 0.05) is 30.9 Å². The fraction of sp³-hybridized carbons (Fsp3) is 0.391. The van der Waals surface area contributed by atoms with Crippen LogP contribution in [0.3, 0.4) is 0 Å². The van der Waals surface area contributed by atoms with Crippen LogP contribution in [0.15, 0.2) is 54.7 Å². The lowest BCUT2D eigenvalue weighted by Gasteiger charge is -2.36. The number of nitrogens with two attached hydrogens (primary N) is 1. The van der Waals surface area contributed by atoms with E-state index in [1.165, 1.54) is 12.8 Å². The maximum atomic E-state index is 12.1. The monoisotopic (exact) mass is 378 g/mol. The molecule has 0 bridgehead atoms. The van der Waals surface area contributed by atoms with Gasteiger partial charge in [0.25, 0.3) is 5.91 Å². The molecular weight excluding hydrogens is 348 g/mol. The van der Waals surface area contributed by atoms with Crippen LogP contribution in [0.5, 0.6) is 0 Å². The highest BCUT2D eigenvalue weighted by molar-refractivity contribution is 5.94. The van der Waals surface area contributed by atoms with Gasteiger partial charge in [0.2, 0.25) is 0 Å². The zero-order valence-electron chi connectivity index (χ0n) is 16.6. The van der Waals surface area contributed by atoms with Crippen LogP contribution in [0.1, 0.15) is 55.1 Å². The number of amides is 1. The number of nitrogens with one attached hydrogen (secondary N) is 1. The maximum Gasteiger partial charge on any atom is 0.251 e. The number of anilines is 1. The van der Waals surface area contributed by atoms with E-state index in [0.29, 0.717) is 18.2 Å². The van der Waals surface area contributed by atoms with E-state index in [9.17, 15) is 4.79 Å². The molecule has 148 valence electrons. The summed E-state index contributed by atoms with van der Waals surface area (Å²) in [7, 11) is 0. The van der Waals surface area contributed by atoms with Crippen LogP contribution in [0.25, 0.3) is 5.70 Å². The Bertz CT molecular complexity index is 803. The molecule has 1 unspecified atom stereocenters. The third-order valence-electron chi connectivity index (χ3n) is 5.14. The number of nitrogens with zero attached hydrogens (tertiary/aromatic N) is 2. The Balaban J connectivity index is 1.54. The lowest BCUT2D eigenvalue weighted by Crippen LogP contribution is -2.39. The second-order valence-electron chi connectivity index (χ2n) is 7.23. The molecule has 3 N–H and O–H groups in total. The Hall–Kier alpha value is -2.82. The molecule has 0 saturated carbocycles. The molecule has 1 aliphatic rings. The summed E-state index contributed by atoms with van der Waals surface area (Å²) < 4.78 is 0. The zero-order chi connectivity index (χ0) is 19.8. The highest BCUT2D eigenvalue weighted by atomic mass is 16.1. The fourth-order valence-corrected chi connectivity index (χ4v) is 3.65. The van der Waals surface area contributed by atoms with E-state index in [-0.39, 0.29) is 5.91 Å². The van der Waals surface area contributed by atoms with Crippen molar-refractivity contribution in [2.45, 2.75) is 45.1 Å². The van der Waals surface area contributed by atoms with Crippen molar-refractivity contribution in [1.82, 2.24) is 10.3 Å². The molecule has 0 spiro atoms. The Morgan fingerprint density at radius 1 is 1.14 bits per heavy atom. The summed E-state index contributed by atoms with van der Waals surface area (Å²) in [4.78, 5) is 19.0. The highest BCUT2D eigenvalue weighted by Crippen LogP contribution is 2.32. The van der Waals surface area contributed by atoms with Crippen molar-refractivity contribution >= 4 is 17.3 Å². The van der Waals surface area contributed by atoms with E-state index in [1.807, 2.05) is 36.4 Å². The maximum absolute atomic E-state index is 12.1. The lowest BCUT2D eigenvalue weighted by atomic mass is 9.99. The van der Waals surface area contributed by atoms with Crippen LogP contribution in [0.2, 0.25) is 0 Å². The molecule has 1 amide bonds. The predicted octanol–water partition coefficient (Wildman–Crippen LogP) is 3.97. The first-order valence-corrected chi connectivity index (χ1v) is 10.2. The number of carbonyl (C=O) groups excluding carboxylic acids is 1. The molecule has 3 rings (SSSR count). The number of benzene rings is 1. The average Bonchev–Trinajstić information content (AvgIpc) is 2.74. The van der Waals surface area contributed by atoms with Gasteiger partial charge >= 0.3 is 0 Å². The minimum absolute atomic E-state index is 0.00959. The lowest BCUT2D eigenvalue weighted by molar-refractivity contribution is 0.0953. The van der Waals surface area contributed by atoms with E-state index in [4.69, 9.17) is 5.73 Å². The Labute approximate surface area is 167 Å². The van der Waals surface area contributed by atoms with Gasteiger partial charge in [-0.05, 0) is 49.6 Å². The van der Waals surface area contributed by atoms with Gasteiger partial charge in [0.1, 0.15) is 5.69 Å². The molecule has 0 fully saturated rings. The van der Waals surface area contributed by atoms with Gasteiger partial charge in [0.15, 0.2) is 0 Å². The molecule has 28 heavy (non-hydrogen) atoms. The first-order chi connectivity index (χ1) is 13.7. The quantitative estimate of drug-likeness (QED) is 0.648. The summed E-state index contributed by atoms with van der Waals surface area (Å²) in [6, 6.07) is 13.7. The van der Waals surface area contributed by atoms with Gasteiger partial charge in [-0.3, -0.25) is 9.78 Å². The molecule has 2 heterocycles. The molecule has 0 saturated heterocycles. The van der Waals surface area contributed by atoms with Crippen LogP contribution in [0, 0.1) is 0 Å². The van der Waals surface area contributed by atoms with Gasteiger partial charge in [0.05, 0.1) is 11.4 Å². The van der Waals surface area contributed by atoms with E-state index in [1.54, 1.807) is 6.20 Å². The number of rotatable bonds is 9. The molecule has 5 nitrogen and oxygen atoms in total. The van der Waals surface area contributed by atoms with Crippen molar-refractivity contribution in [1.29, 1.82) is 0 Å². The van der Waals surface area contributed by atoms with Crippen molar-refractivity contribution < 1.29 is 4.79 Å². The summed E-state index contributed by atoms with van der Waals surface area (Å²) in [5.41, 5.74) is 9.75. The molecule has 0 radical (unpaired) electrons. The zero-order valence-corrected chi connectivity index (χ0v) is 16.6. The first kappa shape index (κ1) is 19.9. The summed E-state index contributed by atoms with van der Waals surface area (Å²) in [6.07, 6.45) is 9.32. The molecule has 5 heteroatoms. The number of carbonyl (C=O) groups is 1. The Morgan fingerprint density at radius 3 is 2.75 bits per heavy atom. The van der Waals surface area contributed by atoms with Crippen LogP contribution in [0.4, 0.5) is 5.69 Å². The third-order valence-corrected chi connectivity index (χ3v) is 5.14. The normalized spacial score (nSPS) is 15.7. The molecule has 1 aliphatic heterocycles. The Kier molecular flexibility index (Phi) is 7.06. The fourth-order valence-electron chi connectivity index (χ4n) is 3.65. The molecule has 1 atom stereocenters. The van der Waals surface area contributed by atoms with Gasteiger partial charge in [-0.25, -0.2) is 0 Å². The number of unbranched alkanes of at least 4 members (excludes halogenated alkanes) is 2. The SMILES string of the molecule is CCCCC1C=C(N)c2ncccc2N1CCCCNC(=O)c1ccccc1. The van der Waals surface area contributed by atoms with Crippen molar-refractivity contribution in [3.63, 3.8) is 0 Å². The molecule has 2 aromatic rings. The van der Waals surface area contributed by atoms with Gasteiger partial charge < -0.3 is 16.0 Å². The van der Waals surface area contributed by atoms with Crippen LogP contribution in [-0.2, 0) is 0 Å². The molecule has 1 aromatic carbocycles. The number of aromatic nitrogens is 1. The molecule has 1 aromatic heterocycles. The van der Waals surface area contributed by atoms with Crippen LogP contribution >= 0.6 is 0 Å². The molecular formula is C23H30N4O. The minimum Gasteiger partial charge on any atom is -0.397 e. The van der Waals surface area contributed by atoms with Crippen molar-refractivity contribution in [2.24, 2.45) is 5.73 Å². The number of hydrogen-bond acceptors (Lipinski definition) is 4. The second-order valence-corrected chi connectivity index (χ2v) is 7.23. The summed E-state index contributed by atoms with van der Waals surface area (Å²) >= 11 is 0. The standard InChI is InChI=1S/C23H30N4O/c1-2-3-12-19-17-20(24)22-21(13-9-15-25-22)27(19)16-8-7-14-26-23(28)18-10-5-4-6-11-18/h4-6,9-11,13,15,17,19H,2-3,7-8,12,14,16,24H2,1H3,(H,26,28). The largest absolute Gasteiger partial charge is 0.397 e. The average molecular weight is 379 g/mol. The van der Waals surface area contributed by atoms with Crippen molar-refractivity contribution in [3.8, 4) is 0 Å². The first-order valence-electron chi connectivity index (χ1n) is 10.2. The second kappa shape index (κ2) is 9.93. The number of pyridine rings is 1. The van der Waals surface area contributed by atoms with Gasteiger partial charge in [-0.2, -0.15) is 0 Å².